The summed E-state index contributed by atoms with van der Waals surface area (Å²) in [7, 11) is 0. The van der Waals surface area contributed by atoms with E-state index in [0.717, 1.165) is 5.69 Å². The van der Waals surface area contributed by atoms with E-state index in [-0.39, 0.29) is 0 Å². The molecule has 0 bridgehead atoms. The van der Waals surface area contributed by atoms with Crippen LogP contribution in [0, 0.1) is 0 Å². The van der Waals surface area contributed by atoms with Crippen LogP contribution in [0.1, 0.15) is 12.6 Å². The molecular weight excluding hydrogens is 150 g/mol. The fourth-order valence-electron chi connectivity index (χ4n) is 0.698. The lowest BCUT2D eigenvalue weighted by Crippen LogP contribution is -2.15. The molecule has 2 nitrogen and oxygen atoms in total. The van der Waals surface area contributed by atoms with Crippen LogP contribution in [0.15, 0.2) is 18.3 Å². The molecule has 0 aliphatic heterocycles. The number of carbonyl (C=O) groups is 1. The van der Waals surface area contributed by atoms with E-state index in [2.05, 4.69) is 4.98 Å². The summed E-state index contributed by atoms with van der Waals surface area (Å²) in [6.07, 6.45) is 2.44. The molecule has 0 saturated heterocycles. The zero-order chi connectivity index (χ0) is 7.61. The van der Waals surface area contributed by atoms with Gasteiger partial charge in [-0.25, -0.2) is 0 Å². The summed E-state index contributed by atoms with van der Waals surface area (Å²) >= 11 is 5.79. The van der Waals surface area contributed by atoms with E-state index in [1.54, 1.807) is 25.3 Å². The van der Waals surface area contributed by atoms with E-state index in [4.69, 9.17) is 11.6 Å². The Labute approximate surface area is 64.2 Å². The Balaban J connectivity index is 2.95. The number of nitrogens with one attached hydrogen (secondary N) is 1. The molecule has 10 heavy (non-hydrogen) atoms. The van der Waals surface area contributed by atoms with Crippen LogP contribution < -0.4 is 0 Å². The number of carbonyl (C=O) groups excluding carboxylic acids is 1. The van der Waals surface area contributed by atoms with Crippen LogP contribution in [-0.2, 0) is 9.67 Å². The van der Waals surface area contributed by atoms with Crippen LogP contribution in [-0.4, -0.2) is 11.3 Å². The second kappa shape index (κ2) is 2.46. The van der Waals surface area contributed by atoms with Gasteiger partial charge in [0.2, 0.25) is 0 Å². The van der Waals surface area contributed by atoms with Gasteiger partial charge in [0, 0.05) is 11.9 Å². The monoisotopic (exact) mass is 157 g/mol. The van der Waals surface area contributed by atoms with Gasteiger partial charge in [-0.05, 0) is 19.1 Å². The Morgan fingerprint density at radius 3 is 2.90 bits per heavy atom. The van der Waals surface area contributed by atoms with E-state index in [1.807, 2.05) is 0 Å². The molecule has 1 aromatic rings. The molecule has 1 atom stereocenters. The maximum atomic E-state index is 10.4. The third kappa shape index (κ3) is 1.21. The number of aromatic nitrogens is 1. The van der Waals surface area contributed by atoms with Crippen LogP contribution in [0.2, 0.25) is 0 Å². The molecule has 1 N–H and O–H groups in total. The van der Waals surface area contributed by atoms with Crippen molar-refractivity contribution in [1.29, 1.82) is 0 Å². The van der Waals surface area contributed by atoms with Gasteiger partial charge in [-0.15, -0.1) is 11.6 Å². The second-order valence-electron chi connectivity index (χ2n) is 2.28. The fourth-order valence-corrected chi connectivity index (χ4v) is 0.815. The smallest absolute Gasteiger partial charge is 0.146 e. The molecule has 0 radical (unpaired) electrons. The van der Waals surface area contributed by atoms with Crippen molar-refractivity contribution >= 4 is 17.9 Å². The molecule has 0 saturated carbocycles. The largest absolute Gasteiger partial charge is 0.363 e. The first kappa shape index (κ1) is 7.35. The molecule has 1 heterocycles. The fraction of sp³-hybridized carbons (Fsp3) is 0.286. The highest BCUT2D eigenvalue weighted by atomic mass is 35.5. The molecule has 3 heteroatoms. The van der Waals surface area contributed by atoms with Crippen LogP contribution in [0.4, 0.5) is 0 Å². The zero-order valence-corrected chi connectivity index (χ0v) is 6.35. The molecule has 1 aromatic heterocycles. The van der Waals surface area contributed by atoms with Gasteiger partial charge >= 0.3 is 0 Å². The standard InChI is InChI=1S/C7H8ClNO/c1-7(8,5-10)6-3-2-4-9-6/h2-5,9H,1H3. The van der Waals surface area contributed by atoms with Gasteiger partial charge in [0.25, 0.3) is 0 Å². The minimum absolute atomic E-state index is 0.709. The lowest BCUT2D eigenvalue weighted by atomic mass is 10.1. The number of hydrogen-bond acceptors (Lipinski definition) is 1. The Morgan fingerprint density at radius 1 is 1.80 bits per heavy atom. The van der Waals surface area contributed by atoms with Crippen LogP contribution in [0.25, 0.3) is 0 Å². The highest BCUT2D eigenvalue weighted by Crippen LogP contribution is 2.23. The molecule has 0 aromatic carbocycles. The van der Waals surface area contributed by atoms with Crippen molar-refractivity contribution in [3.8, 4) is 0 Å². The summed E-state index contributed by atoms with van der Waals surface area (Å²) in [5.41, 5.74) is 0.726. The average Bonchev–Trinajstić information content (AvgIpc) is 2.38. The predicted molar refractivity (Wildman–Crippen MR) is 40.1 cm³/mol. The van der Waals surface area contributed by atoms with Gasteiger partial charge in [0.05, 0.1) is 0 Å². The first-order chi connectivity index (χ1) is 4.67. The van der Waals surface area contributed by atoms with Crippen molar-refractivity contribution in [2.45, 2.75) is 11.8 Å². The maximum absolute atomic E-state index is 10.4. The first-order valence-corrected chi connectivity index (χ1v) is 3.34. The Bertz CT molecular complexity index is 216. The summed E-state index contributed by atoms with van der Waals surface area (Å²) in [6.45, 7) is 1.65. The Hall–Kier alpha value is -0.760. The van der Waals surface area contributed by atoms with Crippen molar-refractivity contribution < 1.29 is 4.79 Å². The summed E-state index contributed by atoms with van der Waals surface area (Å²) in [4.78, 5) is 12.3. The molecule has 0 spiro atoms. The number of hydrogen-bond donors (Lipinski definition) is 1. The summed E-state index contributed by atoms with van der Waals surface area (Å²) in [5, 5.41) is 0. The third-order valence-corrected chi connectivity index (χ3v) is 1.64. The van der Waals surface area contributed by atoms with Crippen molar-refractivity contribution in [3.63, 3.8) is 0 Å². The van der Waals surface area contributed by atoms with Gasteiger partial charge in [0.1, 0.15) is 11.2 Å². The van der Waals surface area contributed by atoms with E-state index in [9.17, 15) is 4.79 Å². The molecule has 0 fully saturated rings. The zero-order valence-electron chi connectivity index (χ0n) is 5.60. The summed E-state index contributed by atoms with van der Waals surface area (Å²) in [5.74, 6) is 0. The average molecular weight is 158 g/mol. The topological polar surface area (TPSA) is 32.9 Å². The highest BCUT2D eigenvalue weighted by molar-refractivity contribution is 6.31. The van der Waals surface area contributed by atoms with Crippen LogP contribution in [0.3, 0.4) is 0 Å². The first-order valence-electron chi connectivity index (χ1n) is 2.96. The lowest BCUT2D eigenvalue weighted by Gasteiger charge is -2.10. The van der Waals surface area contributed by atoms with Gasteiger partial charge < -0.3 is 9.78 Å². The van der Waals surface area contributed by atoms with Crippen molar-refractivity contribution in [2.24, 2.45) is 0 Å². The molecule has 54 valence electrons. The van der Waals surface area contributed by atoms with Gasteiger partial charge in [-0.3, -0.25) is 0 Å². The quantitative estimate of drug-likeness (QED) is 0.514. The Kier molecular flexibility index (Phi) is 1.81. The maximum Gasteiger partial charge on any atom is 0.146 e. The normalized spacial score (nSPS) is 16.2. The number of halogens is 1. The lowest BCUT2D eigenvalue weighted by molar-refractivity contribution is -0.109. The molecule has 0 aliphatic carbocycles. The molecule has 0 aliphatic rings. The number of aromatic amines is 1. The van der Waals surface area contributed by atoms with E-state index in [0.29, 0.717) is 6.29 Å². The number of H-pyrrole nitrogens is 1. The SMILES string of the molecule is CC(Cl)(C=O)c1ccc[nH]1. The van der Waals surface area contributed by atoms with E-state index >= 15 is 0 Å². The van der Waals surface area contributed by atoms with Crippen molar-refractivity contribution in [3.05, 3.63) is 24.0 Å². The number of rotatable bonds is 2. The highest BCUT2D eigenvalue weighted by Gasteiger charge is 2.22. The Morgan fingerprint density at radius 2 is 2.50 bits per heavy atom. The molecule has 1 rings (SSSR count). The van der Waals surface area contributed by atoms with Crippen LogP contribution in [0.5, 0.6) is 0 Å². The third-order valence-electron chi connectivity index (χ3n) is 1.35. The van der Waals surface area contributed by atoms with E-state index in [1.165, 1.54) is 0 Å². The van der Waals surface area contributed by atoms with Crippen molar-refractivity contribution in [1.82, 2.24) is 4.98 Å². The summed E-state index contributed by atoms with van der Waals surface area (Å²) < 4.78 is 0. The minimum Gasteiger partial charge on any atom is -0.363 e. The predicted octanol–water partition coefficient (Wildman–Crippen LogP) is 1.67. The van der Waals surface area contributed by atoms with Gasteiger partial charge in [-0.2, -0.15) is 0 Å². The minimum atomic E-state index is -0.899. The second-order valence-corrected chi connectivity index (χ2v) is 3.06. The number of aldehydes is 1. The summed E-state index contributed by atoms with van der Waals surface area (Å²) in [6, 6.07) is 3.58. The molecular formula is C7H8ClNO. The molecule has 1 unspecified atom stereocenters. The van der Waals surface area contributed by atoms with Gasteiger partial charge in [0.15, 0.2) is 0 Å². The molecule has 0 amide bonds. The number of alkyl halides is 1. The van der Waals surface area contributed by atoms with Crippen LogP contribution >= 0.6 is 11.6 Å². The van der Waals surface area contributed by atoms with Crippen molar-refractivity contribution in [2.75, 3.05) is 0 Å². The van der Waals surface area contributed by atoms with E-state index < -0.39 is 4.87 Å². The van der Waals surface area contributed by atoms with Gasteiger partial charge in [-0.1, -0.05) is 0 Å².